The minimum atomic E-state index is -3.50. The Kier molecular flexibility index (Phi) is 4.92. The van der Waals surface area contributed by atoms with Gasteiger partial charge in [0.15, 0.2) is 21.5 Å². The van der Waals surface area contributed by atoms with Crippen molar-refractivity contribution in [1.29, 1.82) is 0 Å². The monoisotopic (exact) mass is 392 g/mol. The molecule has 3 heterocycles. The Bertz CT molecular complexity index is 1070. The van der Waals surface area contributed by atoms with Gasteiger partial charge in [0.2, 0.25) is 0 Å². The van der Waals surface area contributed by atoms with E-state index in [4.69, 9.17) is 11.6 Å². The number of hydrogen-bond acceptors (Lipinski definition) is 6. The molecule has 0 saturated carbocycles. The summed E-state index contributed by atoms with van der Waals surface area (Å²) in [6.45, 7) is 3.35. The summed E-state index contributed by atoms with van der Waals surface area (Å²) < 4.78 is 28.3. The van der Waals surface area contributed by atoms with Crippen molar-refractivity contribution < 1.29 is 8.42 Å². The van der Waals surface area contributed by atoms with Crippen LogP contribution in [0.4, 0.5) is 0 Å². The van der Waals surface area contributed by atoms with Crippen LogP contribution in [0.15, 0.2) is 40.9 Å². The van der Waals surface area contributed by atoms with Crippen LogP contribution in [0.5, 0.6) is 0 Å². The molecule has 0 atom stereocenters. The molecule has 26 heavy (non-hydrogen) atoms. The van der Waals surface area contributed by atoms with Crippen LogP contribution >= 0.6 is 11.6 Å². The van der Waals surface area contributed by atoms with E-state index in [9.17, 15) is 8.42 Å². The average molecular weight is 393 g/mol. The van der Waals surface area contributed by atoms with E-state index in [-0.39, 0.29) is 16.3 Å². The van der Waals surface area contributed by atoms with Crippen LogP contribution in [0.25, 0.3) is 23.4 Å². The molecule has 0 spiro atoms. The Balaban J connectivity index is 2.25. The fourth-order valence-electron chi connectivity index (χ4n) is 2.44. The van der Waals surface area contributed by atoms with Gasteiger partial charge in [-0.05, 0) is 25.1 Å². The zero-order valence-electron chi connectivity index (χ0n) is 14.5. The first-order valence-corrected chi connectivity index (χ1v) is 9.81. The number of aromatic nitrogens is 6. The van der Waals surface area contributed by atoms with Crippen LogP contribution in [0.3, 0.4) is 0 Å². The summed E-state index contributed by atoms with van der Waals surface area (Å²) in [5, 5.41) is 4.63. The van der Waals surface area contributed by atoms with E-state index in [2.05, 4.69) is 20.1 Å². The fraction of sp³-hybridized carbons (Fsp3) is 0.250. The van der Waals surface area contributed by atoms with E-state index in [0.717, 1.165) is 5.69 Å². The van der Waals surface area contributed by atoms with Crippen molar-refractivity contribution in [3.8, 4) is 17.3 Å². The van der Waals surface area contributed by atoms with Crippen LogP contribution in [0, 0.1) is 0 Å². The summed E-state index contributed by atoms with van der Waals surface area (Å²) in [7, 11) is -1.72. The van der Waals surface area contributed by atoms with Crippen LogP contribution in [0.1, 0.15) is 19.5 Å². The lowest BCUT2D eigenvalue weighted by atomic mass is 10.3. The van der Waals surface area contributed by atoms with Gasteiger partial charge in [-0.1, -0.05) is 18.5 Å². The molecule has 0 bridgehead atoms. The summed E-state index contributed by atoms with van der Waals surface area (Å²) in [6, 6.07) is 3.11. The van der Waals surface area contributed by atoms with Crippen molar-refractivity contribution in [3.63, 3.8) is 0 Å². The summed E-state index contributed by atoms with van der Waals surface area (Å²) in [5.41, 5.74) is 0.995. The van der Waals surface area contributed by atoms with Crippen LogP contribution in [-0.2, 0) is 16.9 Å². The van der Waals surface area contributed by atoms with Crippen molar-refractivity contribution in [2.75, 3.05) is 5.75 Å². The van der Waals surface area contributed by atoms with Crippen molar-refractivity contribution in [2.45, 2.75) is 18.7 Å². The van der Waals surface area contributed by atoms with Gasteiger partial charge in [0, 0.05) is 12.1 Å². The zero-order valence-corrected chi connectivity index (χ0v) is 16.0. The van der Waals surface area contributed by atoms with Gasteiger partial charge in [0.1, 0.15) is 18.3 Å². The van der Waals surface area contributed by atoms with E-state index in [1.165, 1.54) is 23.4 Å². The second kappa shape index (κ2) is 7.00. The Labute approximate surface area is 156 Å². The standard InChI is InChI=1S/C16H17ClN6O2S/c1-4-26(24,25)13-5-6-14(23-10-18-9-20-23)21-15(13)16-19-8-12(22(16)3)7-11(2)17/h5-10H,4H2,1-3H3/b11-7-. The average Bonchev–Trinajstić information content (AvgIpc) is 3.25. The molecular weight excluding hydrogens is 376 g/mol. The van der Waals surface area contributed by atoms with E-state index < -0.39 is 9.84 Å². The van der Waals surface area contributed by atoms with Crippen LogP contribution in [-0.4, -0.2) is 43.5 Å². The molecule has 0 aliphatic carbocycles. The third-order valence-corrected chi connectivity index (χ3v) is 5.66. The van der Waals surface area contributed by atoms with E-state index in [1.807, 2.05) is 0 Å². The molecule has 0 fully saturated rings. The minimum Gasteiger partial charge on any atom is -0.326 e. The Morgan fingerprint density at radius 3 is 2.73 bits per heavy atom. The van der Waals surface area contributed by atoms with Gasteiger partial charge in [0.25, 0.3) is 0 Å². The first kappa shape index (κ1) is 18.3. The molecule has 3 aromatic heterocycles. The van der Waals surface area contributed by atoms with Gasteiger partial charge in [-0.25, -0.2) is 28.1 Å². The van der Waals surface area contributed by atoms with Crippen molar-refractivity contribution in [2.24, 2.45) is 7.05 Å². The molecule has 0 saturated heterocycles. The lowest BCUT2D eigenvalue weighted by Crippen LogP contribution is -2.11. The zero-order chi connectivity index (χ0) is 18.9. The van der Waals surface area contributed by atoms with E-state index >= 15 is 0 Å². The van der Waals surface area contributed by atoms with Gasteiger partial charge >= 0.3 is 0 Å². The number of halogens is 1. The maximum absolute atomic E-state index is 12.5. The maximum atomic E-state index is 12.5. The molecule has 3 aromatic rings. The molecule has 136 valence electrons. The minimum absolute atomic E-state index is 0.0394. The van der Waals surface area contributed by atoms with Gasteiger partial charge < -0.3 is 4.57 Å². The Hall–Kier alpha value is -2.52. The number of rotatable bonds is 5. The molecule has 0 aliphatic rings. The van der Waals surface area contributed by atoms with Gasteiger partial charge in [0.05, 0.1) is 22.5 Å². The first-order valence-electron chi connectivity index (χ1n) is 7.78. The van der Waals surface area contributed by atoms with Crippen LogP contribution < -0.4 is 0 Å². The van der Waals surface area contributed by atoms with E-state index in [1.54, 1.807) is 43.8 Å². The highest BCUT2D eigenvalue weighted by atomic mass is 35.5. The number of sulfone groups is 1. The first-order chi connectivity index (χ1) is 12.3. The quantitative estimate of drug-likeness (QED) is 0.661. The van der Waals surface area contributed by atoms with Crippen molar-refractivity contribution >= 4 is 27.5 Å². The highest BCUT2D eigenvalue weighted by Gasteiger charge is 2.23. The molecule has 10 heteroatoms. The Morgan fingerprint density at radius 2 is 2.12 bits per heavy atom. The van der Waals surface area contributed by atoms with Crippen molar-refractivity contribution in [1.82, 2.24) is 29.3 Å². The van der Waals surface area contributed by atoms with Gasteiger partial charge in [-0.2, -0.15) is 5.10 Å². The molecule has 0 radical (unpaired) electrons. The highest BCUT2D eigenvalue weighted by Crippen LogP contribution is 2.27. The summed E-state index contributed by atoms with van der Waals surface area (Å²) >= 11 is 5.95. The molecule has 0 N–H and O–H groups in total. The molecule has 8 nitrogen and oxygen atoms in total. The van der Waals surface area contributed by atoms with Crippen LogP contribution in [0.2, 0.25) is 0 Å². The number of pyridine rings is 1. The molecule has 0 aromatic carbocycles. The summed E-state index contributed by atoms with van der Waals surface area (Å²) in [6.07, 6.45) is 6.23. The highest BCUT2D eigenvalue weighted by molar-refractivity contribution is 7.91. The SMILES string of the molecule is CCS(=O)(=O)c1ccc(-n2cncn2)nc1-c1ncc(/C=C(/C)Cl)n1C. The predicted octanol–water partition coefficient (Wildman–Crippen LogP) is 2.46. The Morgan fingerprint density at radius 1 is 1.35 bits per heavy atom. The maximum Gasteiger partial charge on any atom is 0.180 e. The van der Waals surface area contributed by atoms with Gasteiger partial charge in [-0.3, -0.25) is 0 Å². The molecule has 3 rings (SSSR count). The largest absolute Gasteiger partial charge is 0.326 e. The smallest absolute Gasteiger partial charge is 0.180 e. The second-order valence-electron chi connectivity index (χ2n) is 5.56. The number of imidazole rings is 1. The molecule has 0 unspecified atom stereocenters. The summed E-state index contributed by atoms with van der Waals surface area (Å²) in [5.74, 6) is 0.826. The second-order valence-corrected chi connectivity index (χ2v) is 8.40. The third-order valence-electron chi connectivity index (χ3n) is 3.79. The lowest BCUT2D eigenvalue weighted by molar-refractivity contribution is 0.597. The van der Waals surface area contributed by atoms with E-state index in [0.29, 0.717) is 16.7 Å². The third kappa shape index (κ3) is 3.40. The number of hydrogen-bond donors (Lipinski definition) is 0. The predicted molar refractivity (Wildman–Crippen MR) is 98.6 cm³/mol. The topological polar surface area (TPSA) is 95.6 Å². The lowest BCUT2D eigenvalue weighted by Gasteiger charge is -2.11. The normalized spacial score (nSPS) is 12.5. The summed E-state index contributed by atoms with van der Waals surface area (Å²) in [4.78, 5) is 12.9. The molecule has 0 aliphatic heterocycles. The molecule has 0 amide bonds. The van der Waals surface area contributed by atoms with Gasteiger partial charge in [-0.15, -0.1) is 0 Å². The fourth-order valence-corrected chi connectivity index (χ4v) is 3.57. The van der Waals surface area contributed by atoms with Crippen molar-refractivity contribution in [3.05, 3.63) is 41.7 Å². The number of nitrogens with zero attached hydrogens (tertiary/aromatic N) is 6. The molecular formula is C16H17ClN6O2S. The number of allylic oxidation sites excluding steroid dienone is 1.